The van der Waals surface area contributed by atoms with Gasteiger partial charge in [-0.3, -0.25) is 0 Å². The smallest absolute Gasteiger partial charge is 0.132 e. The first-order chi connectivity index (χ1) is 20.5. The minimum atomic E-state index is -0.608. The van der Waals surface area contributed by atoms with Gasteiger partial charge in [0, 0.05) is 17.8 Å². The molecule has 5 aromatic rings. The molecule has 0 saturated carbocycles. The monoisotopic (exact) mass is 559 g/mol. The molecule has 214 valence electrons. The Labute approximate surface area is 248 Å². The Bertz CT molecular complexity index is 1630. The van der Waals surface area contributed by atoms with Crippen LogP contribution in [-0.2, 0) is 29.2 Å². The van der Waals surface area contributed by atoms with Crippen molar-refractivity contribution in [2.75, 3.05) is 12.4 Å². The fourth-order valence-electron chi connectivity index (χ4n) is 5.53. The first kappa shape index (κ1) is 27.8. The first-order valence-corrected chi connectivity index (χ1v) is 14.4. The first-order valence-electron chi connectivity index (χ1n) is 14.4. The predicted octanol–water partition coefficient (Wildman–Crippen LogP) is 8.47. The molecule has 6 rings (SSSR count). The molecule has 5 heteroatoms. The standard InChI is InChI=1S/C37H37NO4/c1-37(2)36(41-25-28-13-16-29-11-7-8-12-30(29)21-28)35(40-24-27-9-5-4-6-10-27)33-22-31(17-20-34(33)42-37)38-23-26-14-18-32(39-3)19-15-26/h4-22,35-36,38H,23-25H2,1-3H3. The number of anilines is 1. The maximum absolute atomic E-state index is 6.70. The van der Waals surface area contributed by atoms with Gasteiger partial charge in [-0.15, -0.1) is 0 Å². The Morgan fingerprint density at radius 2 is 1.40 bits per heavy atom. The second kappa shape index (κ2) is 12.3. The molecule has 0 aliphatic carbocycles. The molecule has 0 amide bonds. The lowest BCUT2D eigenvalue weighted by molar-refractivity contribution is -0.170. The zero-order valence-electron chi connectivity index (χ0n) is 24.4. The molecule has 5 aromatic carbocycles. The summed E-state index contributed by atoms with van der Waals surface area (Å²) in [5.41, 5.74) is 4.77. The number of methoxy groups -OCH3 is 1. The highest BCUT2D eigenvalue weighted by Gasteiger charge is 2.45. The number of benzene rings is 5. The number of ether oxygens (including phenoxy) is 4. The fraction of sp³-hybridized carbons (Fsp3) is 0.243. The summed E-state index contributed by atoms with van der Waals surface area (Å²) in [5.74, 6) is 1.67. The Morgan fingerprint density at radius 3 is 2.19 bits per heavy atom. The topological polar surface area (TPSA) is 49.0 Å². The van der Waals surface area contributed by atoms with Crippen LogP contribution in [0.3, 0.4) is 0 Å². The van der Waals surface area contributed by atoms with Crippen LogP contribution in [0, 0.1) is 0 Å². The van der Waals surface area contributed by atoms with Crippen molar-refractivity contribution in [2.24, 2.45) is 0 Å². The summed E-state index contributed by atoms with van der Waals surface area (Å²) >= 11 is 0. The van der Waals surface area contributed by atoms with E-state index in [0.29, 0.717) is 19.8 Å². The molecule has 2 unspecified atom stereocenters. The number of nitrogens with one attached hydrogen (secondary N) is 1. The molecular weight excluding hydrogens is 522 g/mol. The van der Waals surface area contributed by atoms with Crippen LogP contribution >= 0.6 is 0 Å². The number of fused-ring (bicyclic) bond motifs is 2. The molecule has 0 aromatic heterocycles. The van der Waals surface area contributed by atoms with Crippen LogP contribution in [0.5, 0.6) is 11.5 Å². The number of rotatable bonds is 10. The Balaban J connectivity index is 1.26. The van der Waals surface area contributed by atoms with Gasteiger partial charge in [0.05, 0.1) is 20.3 Å². The normalized spacial score (nSPS) is 17.3. The van der Waals surface area contributed by atoms with Gasteiger partial charge in [-0.05, 0) is 77.7 Å². The predicted molar refractivity (Wildman–Crippen MR) is 168 cm³/mol. The summed E-state index contributed by atoms with van der Waals surface area (Å²) < 4.78 is 25.3. The maximum atomic E-state index is 6.70. The highest BCUT2D eigenvalue weighted by Crippen LogP contribution is 2.45. The fourth-order valence-corrected chi connectivity index (χ4v) is 5.53. The second-order valence-corrected chi connectivity index (χ2v) is 11.3. The van der Waals surface area contributed by atoms with E-state index in [1.165, 1.54) is 16.3 Å². The van der Waals surface area contributed by atoms with E-state index in [-0.39, 0.29) is 12.2 Å². The van der Waals surface area contributed by atoms with Crippen LogP contribution in [0.1, 0.15) is 42.2 Å². The van der Waals surface area contributed by atoms with Crippen LogP contribution < -0.4 is 14.8 Å². The van der Waals surface area contributed by atoms with Gasteiger partial charge in [-0.1, -0.05) is 78.9 Å². The molecule has 1 heterocycles. The van der Waals surface area contributed by atoms with Gasteiger partial charge >= 0.3 is 0 Å². The third-order valence-electron chi connectivity index (χ3n) is 7.82. The van der Waals surface area contributed by atoms with Crippen LogP contribution in [0.2, 0.25) is 0 Å². The lowest BCUT2D eigenvalue weighted by Crippen LogP contribution is -2.50. The van der Waals surface area contributed by atoms with E-state index in [1.54, 1.807) is 7.11 Å². The molecule has 0 radical (unpaired) electrons. The number of hydrogen-bond donors (Lipinski definition) is 1. The molecule has 1 aliphatic heterocycles. The summed E-state index contributed by atoms with van der Waals surface area (Å²) in [6, 6.07) is 39.5. The highest BCUT2D eigenvalue weighted by atomic mass is 16.6. The third-order valence-corrected chi connectivity index (χ3v) is 7.82. The zero-order chi connectivity index (χ0) is 28.9. The SMILES string of the molecule is COc1ccc(CNc2ccc3c(c2)C(OCc2ccccc2)C(OCc2ccc4ccccc4c2)C(C)(C)O3)cc1. The summed E-state index contributed by atoms with van der Waals surface area (Å²) in [6.07, 6.45) is -0.663. The molecule has 2 atom stereocenters. The maximum Gasteiger partial charge on any atom is 0.132 e. The number of hydrogen-bond acceptors (Lipinski definition) is 5. The van der Waals surface area contributed by atoms with Crippen LogP contribution in [0.25, 0.3) is 10.8 Å². The van der Waals surface area contributed by atoms with E-state index in [9.17, 15) is 0 Å². The molecule has 1 N–H and O–H groups in total. The summed E-state index contributed by atoms with van der Waals surface area (Å²) in [5, 5.41) is 5.98. The van der Waals surface area contributed by atoms with Gasteiger partial charge in [0.2, 0.25) is 0 Å². The minimum absolute atomic E-state index is 0.327. The van der Waals surface area contributed by atoms with Crippen molar-refractivity contribution in [2.45, 2.75) is 51.4 Å². The van der Waals surface area contributed by atoms with Crippen molar-refractivity contribution in [1.82, 2.24) is 0 Å². The molecule has 0 fully saturated rings. The van der Waals surface area contributed by atoms with Crippen LogP contribution in [0.4, 0.5) is 5.69 Å². The van der Waals surface area contributed by atoms with Crippen LogP contribution in [0.15, 0.2) is 115 Å². The minimum Gasteiger partial charge on any atom is -0.497 e. The molecule has 0 bridgehead atoms. The van der Waals surface area contributed by atoms with Crippen LogP contribution in [-0.4, -0.2) is 18.8 Å². The van der Waals surface area contributed by atoms with Gasteiger partial charge in [0.25, 0.3) is 0 Å². The summed E-state index contributed by atoms with van der Waals surface area (Å²) in [6.45, 7) is 5.77. The van der Waals surface area contributed by atoms with E-state index in [1.807, 2.05) is 36.4 Å². The average molecular weight is 560 g/mol. The van der Waals surface area contributed by atoms with E-state index in [0.717, 1.165) is 33.9 Å². The Morgan fingerprint density at radius 1 is 0.690 bits per heavy atom. The Hall–Kier alpha value is -4.32. The molecule has 1 aliphatic rings. The summed E-state index contributed by atoms with van der Waals surface area (Å²) in [4.78, 5) is 0. The van der Waals surface area contributed by atoms with Gasteiger partial charge in [-0.2, -0.15) is 0 Å². The van der Waals surface area contributed by atoms with Crippen molar-refractivity contribution in [3.8, 4) is 11.5 Å². The van der Waals surface area contributed by atoms with Crippen molar-refractivity contribution in [1.29, 1.82) is 0 Å². The van der Waals surface area contributed by atoms with Gasteiger partial charge < -0.3 is 24.3 Å². The van der Waals surface area contributed by atoms with Crippen molar-refractivity contribution in [3.63, 3.8) is 0 Å². The highest BCUT2D eigenvalue weighted by molar-refractivity contribution is 5.82. The molecule has 0 saturated heterocycles. The molecule has 42 heavy (non-hydrogen) atoms. The summed E-state index contributed by atoms with van der Waals surface area (Å²) in [7, 11) is 1.68. The largest absolute Gasteiger partial charge is 0.497 e. The van der Waals surface area contributed by atoms with Gasteiger partial charge in [0.1, 0.15) is 29.3 Å². The lowest BCUT2D eigenvalue weighted by atomic mass is 9.87. The molecule has 0 spiro atoms. The lowest BCUT2D eigenvalue weighted by Gasteiger charge is -2.44. The van der Waals surface area contributed by atoms with Crippen molar-refractivity contribution < 1.29 is 18.9 Å². The average Bonchev–Trinajstić information content (AvgIpc) is 3.02. The third kappa shape index (κ3) is 6.28. The van der Waals surface area contributed by atoms with E-state index in [2.05, 4.69) is 98.0 Å². The quantitative estimate of drug-likeness (QED) is 0.186. The molecular formula is C37H37NO4. The Kier molecular flexibility index (Phi) is 8.13. The van der Waals surface area contributed by atoms with Crippen molar-refractivity contribution in [3.05, 3.63) is 138 Å². The van der Waals surface area contributed by atoms with E-state index >= 15 is 0 Å². The zero-order valence-corrected chi connectivity index (χ0v) is 24.4. The van der Waals surface area contributed by atoms with E-state index in [4.69, 9.17) is 18.9 Å². The van der Waals surface area contributed by atoms with Gasteiger partial charge in [-0.25, -0.2) is 0 Å². The van der Waals surface area contributed by atoms with Crippen molar-refractivity contribution >= 4 is 16.5 Å². The second-order valence-electron chi connectivity index (χ2n) is 11.3. The van der Waals surface area contributed by atoms with E-state index < -0.39 is 5.60 Å². The molecule has 5 nitrogen and oxygen atoms in total. The van der Waals surface area contributed by atoms with Gasteiger partial charge in [0.15, 0.2) is 0 Å².